The third kappa shape index (κ3) is 4.91. The van der Waals surface area contributed by atoms with Crippen LogP contribution in [0, 0.1) is 0 Å². The van der Waals surface area contributed by atoms with Crippen molar-refractivity contribution < 1.29 is 26.3 Å². The van der Waals surface area contributed by atoms with Crippen LogP contribution in [0.2, 0.25) is 10.0 Å². The van der Waals surface area contributed by atoms with Gasteiger partial charge in [-0.1, -0.05) is 108 Å². The van der Waals surface area contributed by atoms with Gasteiger partial charge in [0, 0.05) is 10.0 Å². The Kier molecular flexibility index (Phi) is 7.29. The zero-order valence-electron chi connectivity index (χ0n) is 25.5. The van der Waals surface area contributed by atoms with Gasteiger partial charge < -0.3 is 0 Å². The number of hydrogen-bond acceptors (Lipinski definition) is 0. The number of halogens is 8. The standard InChI is InChI=1S/C41H24Cl2F6/c42-29-13-15-37(35(21-29)27-11-9-25-17-23-5-1-3-7-31(23)33(25)19-27)39(40(44,45)46,41(47,48)49)38-16-14-30(43)22-36(38)28-12-10-26-18-24-6-2-4-8-32(24)34(26)20-28/h1-16,19-22H,17-18H2. The number of alkyl halides is 6. The molecule has 0 saturated carbocycles. The molecule has 0 unspecified atom stereocenters. The lowest BCUT2D eigenvalue weighted by Crippen LogP contribution is -2.55. The van der Waals surface area contributed by atoms with E-state index in [1.807, 2.05) is 48.5 Å². The molecule has 6 aromatic rings. The Morgan fingerprint density at radius 3 is 1.18 bits per heavy atom. The summed E-state index contributed by atoms with van der Waals surface area (Å²) in [6.45, 7) is 0. The van der Waals surface area contributed by atoms with Crippen LogP contribution in [0.15, 0.2) is 121 Å². The third-order valence-corrected chi connectivity index (χ3v) is 10.3. The van der Waals surface area contributed by atoms with E-state index in [1.165, 1.54) is 12.1 Å². The molecule has 8 heteroatoms. The smallest absolute Gasteiger partial charge is 0.169 e. The van der Waals surface area contributed by atoms with Crippen LogP contribution in [0.3, 0.4) is 0 Å². The van der Waals surface area contributed by atoms with Crippen molar-refractivity contribution in [1.82, 2.24) is 0 Å². The van der Waals surface area contributed by atoms with Gasteiger partial charge in [0.15, 0.2) is 0 Å². The molecule has 0 aliphatic heterocycles. The van der Waals surface area contributed by atoms with Crippen molar-refractivity contribution >= 4 is 23.2 Å². The molecule has 0 N–H and O–H groups in total. The Morgan fingerprint density at radius 2 is 0.776 bits per heavy atom. The second-order valence-electron chi connectivity index (χ2n) is 12.5. The largest absolute Gasteiger partial charge is 0.411 e. The zero-order valence-corrected chi connectivity index (χ0v) is 27.0. The fraction of sp³-hybridized carbons (Fsp3) is 0.122. The van der Waals surface area contributed by atoms with E-state index in [0.29, 0.717) is 12.8 Å². The fourth-order valence-electron chi connectivity index (χ4n) is 7.66. The predicted octanol–water partition coefficient (Wildman–Crippen LogP) is 12.9. The number of hydrogen-bond donors (Lipinski definition) is 0. The second kappa shape index (κ2) is 11.3. The Hall–Kier alpha value is -4.52. The fourth-order valence-corrected chi connectivity index (χ4v) is 8.01. The van der Waals surface area contributed by atoms with Gasteiger partial charge in [0.25, 0.3) is 0 Å². The molecule has 0 spiro atoms. The predicted molar refractivity (Wildman–Crippen MR) is 183 cm³/mol. The van der Waals surface area contributed by atoms with Crippen molar-refractivity contribution in [2.24, 2.45) is 0 Å². The third-order valence-electron chi connectivity index (χ3n) is 9.84. The Balaban J connectivity index is 1.41. The average Bonchev–Trinajstić information content (AvgIpc) is 3.62. The first-order chi connectivity index (χ1) is 23.4. The summed E-state index contributed by atoms with van der Waals surface area (Å²) in [4.78, 5) is 0. The average molecular weight is 702 g/mol. The Morgan fingerprint density at radius 1 is 0.388 bits per heavy atom. The summed E-state index contributed by atoms with van der Waals surface area (Å²) in [6, 6.07) is 31.4. The first-order valence-corrected chi connectivity index (χ1v) is 16.3. The highest BCUT2D eigenvalue weighted by molar-refractivity contribution is 6.31. The lowest BCUT2D eigenvalue weighted by molar-refractivity contribution is -0.288. The molecule has 0 nitrogen and oxygen atoms in total. The van der Waals surface area contributed by atoms with Gasteiger partial charge in [-0.25, -0.2) is 0 Å². The topological polar surface area (TPSA) is 0 Å². The molecule has 244 valence electrons. The Labute approximate surface area is 288 Å². The van der Waals surface area contributed by atoms with Crippen molar-refractivity contribution in [2.45, 2.75) is 30.6 Å². The van der Waals surface area contributed by atoms with E-state index in [4.69, 9.17) is 23.2 Å². The first-order valence-electron chi connectivity index (χ1n) is 15.5. The van der Waals surface area contributed by atoms with Crippen LogP contribution in [0.25, 0.3) is 44.5 Å². The summed E-state index contributed by atoms with van der Waals surface area (Å²) >= 11 is 12.7. The van der Waals surface area contributed by atoms with Crippen molar-refractivity contribution in [3.63, 3.8) is 0 Å². The zero-order chi connectivity index (χ0) is 34.3. The minimum atomic E-state index is -5.84. The first kappa shape index (κ1) is 31.7. The lowest BCUT2D eigenvalue weighted by atomic mass is 9.68. The molecule has 2 aliphatic rings. The molecule has 0 atom stereocenters. The van der Waals surface area contributed by atoms with Gasteiger partial charge >= 0.3 is 12.4 Å². The summed E-state index contributed by atoms with van der Waals surface area (Å²) in [5.74, 6) is 0. The molecule has 6 aromatic carbocycles. The lowest BCUT2D eigenvalue weighted by Gasteiger charge is -2.40. The molecular formula is C41H24Cl2F6. The number of fused-ring (bicyclic) bond motifs is 6. The summed E-state index contributed by atoms with van der Waals surface area (Å²) in [7, 11) is 0. The quantitative estimate of drug-likeness (QED) is 0.160. The van der Waals surface area contributed by atoms with E-state index in [1.54, 1.807) is 36.4 Å². The van der Waals surface area contributed by atoms with Gasteiger partial charge in [0.2, 0.25) is 5.41 Å². The monoisotopic (exact) mass is 700 g/mol. The normalized spacial score (nSPS) is 13.6. The van der Waals surface area contributed by atoms with Gasteiger partial charge in [-0.3, -0.25) is 0 Å². The summed E-state index contributed by atoms with van der Waals surface area (Å²) in [5.41, 5.74) is 0.662. The summed E-state index contributed by atoms with van der Waals surface area (Å²) in [5, 5.41) is 0.0121. The Bertz CT molecular complexity index is 2140. The number of benzene rings is 6. The highest BCUT2D eigenvalue weighted by Gasteiger charge is 2.73. The second-order valence-corrected chi connectivity index (χ2v) is 13.4. The molecule has 8 rings (SSSR count). The maximum absolute atomic E-state index is 15.9. The van der Waals surface area contributed by atoms with Gasteiger partial charge in [0.05, 0.1) is 0 Å². The maximum Gasteiger partial charge on any atom is 0.411 e. The van der Waals surface area contributed by atoms with Crippen LogP contribution in [-0.2, 0) is 18.3 Å². The van der Waals surface area contributed by atoms with Crippen molar-refractivity contribution in [3.8, 4) is 44.5 Å². The molecule has 0 heterocycles. The van der Waals surface area contributed by atoms with E-state index in [-0.39, 0.29) is 32.3 Å². The van der Waals surface area contributed by atoms with Gasteiger partial charge in [-0.2, -0.15) is 26.3 Å². The van der Waals surface area contributed by atoms with E-state index in [2.05, 4.69) is 0 Å². The molecule has 0 fully saturated rings. The summed E-state index contributed by atoms with van der Waals surface area (Å²) in [6.07, 6.45) is -10.5. The maximum atomic E-state index is 15.9. The summed E-state index contributed by atoms with van der Waals surface area (Å²) < 4.78 is 95.3. The minimum absolute atomic E-state index is 0.00603. The van der Waals surface area contributed by atoms with Crippen molar-refractivity contribution in [1.29, 1.82) is 0 Å². The molecule has 0 bridgehead atoms. The highest BCUT2D eigenvalue weighted by atomic mass is 35.5. The minimum Gasteiger partial charge on any atom is -0.169 e. The van der Waals surface area contributed by atoms with Crippen LogP contribution >= 0.6 is 23.2 Å². The van der Waals surface area contributed by atoms with Crippen LogP contribution in [-0.4, -0.2) is 12.4 Å². The van der Waals surface area contributed by atoms with E-state index in [9.17, 15) is 0 Å². The van der Waals surface area contributed by atoms with Crippen molar-refractivity contribution in [3.05, 3.63) is 165 Å². The number of rotatable bonds is 4. The van der Waals surface area contributed by atoms with Crippen LogP contribution in [0.4, 0.5) is 26.3 Å². The van der Waals surface area contributed by atoms with Gasteiger partial charge in [-0.05, 0) is 127 Å². The van der Waals surface area contributed by atoms with Crippen molar-refractivity contribution in [2.75, 3.05) is 0 Å². The molecule has 0 saturated heterocycles. The van der Waals surface area contributed by atoms with Crippen LogP contribution < -0.4 is 0 Å². The van der Waals surface area contributed by atoms with Gasteiger partial charge in [0.1, 0.15) is 0 Å². The molecular weight excluding hydrogens is 677 g/mol. The van der Waals surface area contributed by atoms with Crippen LogP contribution in [0.5, 0.6) is 0 Å². The van der Waals surface area contributed by atoms with E-state index >= 15 is 26.3 Å². The SMILES string of the molecule is FC(F)(F)C(c1ccc(Cl)cc1-c1ccc2c(c1)-c1ccccc1C2)(c1ccc(Cl)cc1-c1ccc2c(c1)-c1ccccc1C2)C(F)(F)F. The van der Waals surface area contributed by atoms with Gasteiger partial charge in [-0.15, -0.1) is 0 Å². The van der Waals surface area contributed by atoms with Crippen LogP contribution in [0.1, 0.15) is 33.4 Å². The highest BCUT2D eigenvalue weighted by Crippen LogP contribution is 2.60. The molecule has 0 radical (unpaired) electrons. The van der Waals surface area contributed by atoms with E-state index in [0.717, 1.165) is 68.8 Å². The van der Waals surface area contributed by atoms with E-state index < -0.39 is 28.9 Å². The molecule has 0 aromatic heterocycles. The molecule has 2 aliphatic carbocycles. The molecule has 49 heavy (non-hydrogen) atoms. The molecule has 0 amide bonds.